The van der Waals surface area contributed by atoms with Crippen LogP contribution < -0.4 is 5.32 Å². The molecule has 3 heterocycles. The van der Waals surface area contributed by atoms with Gasteiger partial charge in [0.1, 0.15) is 0 Å². The van der Waals surface area contributed by atoms with Crippen molar-refractivity contribution in [3.8, 4) is 5.69 Å². The Morgan fingerprint density at radius 3 is 2.66 bits per heavy atom. The van der Waals surface area contributed by atoms with Crippen LogP contribution in [0.15, 0.2) is 67.0 Å². The molecule has 0 aliphatic carbocycles. The largest absolute Gasteiger partial charge is 0.385 e. The molecule has 0 radical (unpaired) electrons. The third-order valence-corrected chi connectivity index (χ3v) is 5.69. The van der Waals surface area contributed by atoms with Gasteiger partial charge in [-0.3, -0.25) is 4.98 Å². The summed E-state index contributed by atoms with van der Waals surface area (Å²) < 4.78 is 7.52. The molecular formula is C23H26N4OS. The van der Waals surface area contributed by atoms with Crippen LogP contribution in [-0.2, 0) is 4.74 Å². The van der Waals surface area contributed by atoms with Gasteiger partial charge in [-0.05, 0) is 62.0 Å². The maximum Gasteiger partial charge on any atom is 0.170 e. The van der Waals surface area contributed by atoms with E-state index in [1.54, 1.807) is 7.11 Å². The Bertz CT molecular complexity index is 955. The molecule has 29 heavy (non-hydrogen) atoms. The minimum Gasteiger partial charge on any atom is -0.385 e. The Kier molecular flexibility index (Phi) is 5.92. The van der Waals surface area contributed by atoms with E-state index in [1.807, 2.05) is 18.3 Å². The number of pyridine rings is 1. The molecule has 4 rings (SSSR count). The quantitative estimate of drug-likeness (QED) is 0.471. The number of nitrogens with one attached hydrogen (secondary N) is 1. The highest BCUT2D eigenvalue weighted by Crippen LogP contribution is 2.39. The van der Waals surface area contributed by atoms with Crippen LogP contribution in [-0.4, -0.2) is 39.8 Å². The predicted molar refractivity (Wildman–Crippen MR) is 119 cm³/mol. The van der Waals surface area contributed by atoms with Crippen molar-refractivity contribution in [2.45, 2.75) is 25.4 Å². The first-order valence-electron chi connectivity index (χ1n) is 9.90. The van der Waals surface area contributed by atoms with Gasteiger partial charge in [-0.25, -0.2) is 0 Å². The van der Waals surface area contributed by atoms with Gasteiger partial charge in [-0.1, -0.05) is 23.8 Å². The smallest absolute Gasteiger partial charge is 0.170 e. The molecule has 150 valence electrons. The zero-order chi connectivity index (χ0) is 20.2. The van der Waals surface area contributed by atoms with Crippen molar-refractivity contribution in [1.82, 2.24) is 19.8 Å². The lowest BCUT2D eigenvalue weighted by atomic mass is 10.0. The lowest BCUT2D eigenvalue weighted by Gasteiger charge is -2.29. The first-order chi connectivity index (χ1) is 14.2. The molecule has 2 aromatic heterocycles. The summed E-state index contributed by atoms with van der Waals surface area (Å²) in [4.78, 5) is 6.89. The topological polar surface area (TPSA) is 42.3 Å². The number of aryl methyl sites for hydroxylation is 1. The lowest BCUT2D eigenvalue weighted by Crippen LogP contribution is -2.32. The van der Waals surface area contributed by atoms with Gasteiger partial charge >= 0.3 is 0 Å². The Morgan fingerprint density at radius 2 is 1.93 bits per heavy atom. The van der Waals surface area contributed by atoms with E-state index in [2.05, 4.69) is 75.4 Å². The number of nitrogens with zero attached hydrogens (tertiary/aromatic N) is 3. The number of rotatable bonds is 7. The second kappa shape index (κ2) is 8.76. The van der Waals surface area contributed by atoms with Crippen LogP contribution in [0.4, 0.5) is 0 Å². The Labute approximate surface area is 177 Å². The predicted octanol–water partition coefficient (Wildman–Crippen LogP) is 4.19. The fraction of sp³-hybridized carbons (Fsp3) is 0.304. The van der Waals surface area contributed by atoms with Crippen molar-refractivity contribution < 1.29 is 4.74 Å². The summed E-state index contributed by atoms with van der Waals surface area (Å²) in [6.07, 6.45) is 4.86. The number of hydrogen-bond donors (Lipinski definition) is 1. The van der Waals surface area contributed by atoms with E-state index in [0.29, 0.717) is 6.61 Å². The molecule has 0 saturated carbocycles. The maximum atomic E-state index is 5.73. The third-order valence-electron chi connectivity index (χ3n) is 5.34. The SMILES string of the molecule is COCCCN1C(=S)N[C@@H](c2ccccn2)[C@H]1c1cccn1-c1ccc(C)cc1. The highest BCUT2D eigenvalue weighted by molar-refractivity contribution is 7.80. The van der Waals surface area contributed by atoms with Gasteiger partial charge in [-0.2, -0.15) is 0 Å². The minimum absolute atomic E-state index is 0.00894. The second-order valence-corrected chi connectivity index (χ2v) is 7.69. The average molecular weight is 407 g/mol. The summed E-state index contributed by atoms with van der Waals surface area (Å²) in [5.74, 6) is 0. The lowest BCUT2D eigenvalue weighted by molar-refractivity contribution is 0.180. The number of ether oxygens (including phenoxy) is 1. The van der Waals surface area contributed by atoms with Crippen molar-refractivity contribution in [2.24, 2.45) is 0 Å². The number of thiocarbonyl (C=S) groups is 1. The Morgan fingerprint density at radius 1 is 1.10 bits per heavy atom. The number of methoxy groups -OCH3 is 1. The van der Waals surface area contributed by atoms with E-state index in [0.717, 1.165) is 29.5 Å². The van der Waals surface area contributed by atoms with E-state index in [-0.39, 0.29) is 12.1 Å². The fourth-order valence-corrected chi connectivity index (χ4v) is 4.25. The molecule has 2 atom stereocenters. The number of aromatic nitrogens is 2. The summed E-state index contributed by atoms with van der Waals surface area (Å²) in [5, 5.41) is 4.28. The van der Waals surface area contributed by atoms with Gasteiger partial charge in [-0.15, -0.1) is 0 Å². The molecule has 0 spiro atoms. The van der Waals surface area contributed by atoms with Crippen molar-refractivity contribution in [2.75, 3.05) is 20.3 Å². The molecule has 1 aromatic carbocycles. The normalized spacial score (nSPS) is 18.8. The van der Waals surface area contributed by atoms with E-state index in [9.17, 15) is 0 Å². The first kappa shape index (κ1) is 19.6. The molecule has 1 aliphatic heterocycles. The van der Waals surface area contributed by atoms with Crippen molar-refractivity contribution in [3.63, 3.8) is 0 Å². The minimum atomic E-state index is -0.00894. The van der Waals surface area contributed by atoms with E-state index >= 15 is 0 Å². The van der Waals surface area contributed by atoms with Crippen LogP contribution in [0.2, 0.25) is 0 Å². The fourth-order valence-electron chi connectivity index (χ4n) is 3.92. The molecule has 5 nitrogen and oxygen atoms in total. The van der Waals surface area contributed by atoms with Crippen LogP contribution in [0.3, 0.4) is 0 Å². The van der Waals surface area contributed by atoms with Crippen LogP contribution >= 0.6 is 12.2 Å². The van der Waals surface area contributed by atoms with Crippen LogP contribution in [0.5, 0.6) is 0 Å². The summed E-state index contributed by atoms with van der Waals surface area (Å²) >= 11 is 5.73. The summed E-state index contributed by atoms with van der Waals surface area (Å²) in [5.41, 5.74) is 4.57. The van der Waals surface area contributed by atoms with E-state index < -0.39 is 0 Å². The molecule has 6 heteroatoms. The van der Waals surface area contributed by atoms with E-state index in [1.165, 1.54) is 11.3 Å². The van der Waals surface area contributed by atoms with Crippen LogP contribution in [0.25, 0.3) is 5.69 Å². The van der Waals surface area contributed by atoms with Gasteiger partial charge in [0.2, 0.25) is 0 Å². The molecular weight excluding hydrogens is 380 g/mol. The molecule has 1 N–H and O–H groups in total. The average Bonchev–Trinajstić information content (AvgIpc) is 3.34. The number of benzene rings is 1. The van der Waals surface area contributed by atoms with Crippen LogP contribution in [0.1, 0.15) is 35.5 Å². The third kappa shape index (κ3) is 4.04. The second-order valence-electron chi connectivity index (χ2n) is 7.30. The van der Waals surface area contributed by atoms with Gasteiger partial charge < -0.3 is 19.5 Å². The molecule has 1 fully saturated rings. The van der Waals surface area contributed by atoms with Gasteiger partial charge in [0.15, 0.2) is 5.11 Å². The first-order valence-corrected chi connectivity index (χ1v) is 10.3. The van der Waals surface area contributed by atoms with Gasteiger partial charge in [0.25, 0.3) is 0 Å². The highest BCUT2D eigenvalue weighted by Gasteiger charge is 2.40. The van der Waals surface area contributed by atoms with E-state index in [4.69, 9.17) is 17.0 Å². The van der Waals surface area contributed by atoms with Crippen molar-refractivity contribution in [3.05, 3.63) is 83.9 Å². The molecule has 1 aliphatic rings. The standard InChI is InChI=1S/C23H26N4OS/c1-17-9-11-18(12-10-17)26-14-5-8-20(26)22-21(19-7-3-4-13-24-19)25-23(29)27(22)15-6-16-28-2/h3-5,7-14,21-22H,6,15-16H2,1-2H3,(H,25,29)/t21-,22+/m0/s1. The van der Waals surface area contributed by atoms with Crippen LogP contribution in [0, 0.1) is 6.92 Å². The zero-order valence-electron chi connectivity index (χ0n) is 16.8. The van der Waals surface area contributed by atoms with Crippen molar-refractivity contribution >= 4 is 17.3 Å². The van der Waals surface area contributed by atoms with Crippen molar-refractivity contribution in [1.29, 1.82) is 0 Å². The summed E-state index contributed by atoms with van der Waals surface area (Å²) in [6, 6.07) is 18.9. The molecule has 0 unspecified atom stereocenters. The monoisotopic (exact) mass is 406 g/mol. The Balaban J connectivity index is 1.75. The molecule has 0 bridgehead atoms. The highest BCUT2D eigenvalue weighted by atomic mass is 32.1. The number of hydrogen-bond acceptors (Lipinski definition) is 3. The molecule has 3 aromatic rings. The molecule has 1 saturated heterocycles. The Hall–Kier alpha value is -2.70. The molecule has 0 amide bonds. The van der Waals surface area contributed by atoms with Gasteiger partial charge in [0, 0.05) is 44.0 Å². The maximum absolute atomic E-state index is 5.73. The van der Waals surface area contributed by atoms with Gasteiger partial charge in [0.05, 0.1) is 17.8 Å². The summed E-state index contributed by atoms with van der Waals surface area (Å²) in [6.45, 7) is 3.64. The zero-order valence-corrected chi connectivity index (χ0v) is 17.6. The summed E-state index contributed by atoms with van der Waals surface area (Å²) in [7, 11) is 1.73.